The predicted molar refractivity (Wildman–Crippen MR) is 72.4 cm³/mol. The molecular weight excluding hydrogens is 266 g/mol. The van der Waals surface area contributed by atoms with Crippen molar-refractivity contribution in [1.29, 1.82) is 0 Å². The van der Waals surface area contributed by atoms with E-state index in [4.69, 9.17) is 15.2 Å². The zero-order chi connectivity index (χ0) is 13.7. The number of benzene rings is 1. The molecule has 19 heavy (non-hydrogen) atoms. The van der Waals surface area contributed by atoms with Crippen LogP contribution in [-0.4, -0.2) is 33.9 Å². The molecule has 2 rings (SSSR count). The molecule has 1 aliphatic heterocycles. The largest absolute Gasteiger partial charge is 0.486 e. The van der Waals surface area contributed by atoms with Gasteiger partial charge in [0.2, 0.25) is 0 Å². The van der Waals surface area contributed by atoms with E-state index in [2.05, 4.69) is 0 Å². The van der Waals surface area contributed by atoms with Gasteiger partial charge >= 0.3 is 0 Å². The van der Waals surface area contributed by atoms with Gasteiger partial charge < -0.3 is 15.2 Å². The lowest BCUT2D eigenvalue weighted by Crippen LogP contribution is -2.16. The van der Waals surface area contributed by atoms with Gasteiger partial charge in [-0.15, -0.1) is 0 Å². The number of nitrogens with two attached hydrogens (primary N) is 1. The first-order chi connectivity index (χ1) is 9.13. The molecule has 0 radical (unpaired) electrons. The number of unbranched alkanes of at least 4 members (excludes halogenated alkanes) is 2. The number of sulfone groups is 1. The number of hydrogen-bond acceptors (Lipinski definition) is 5. The van der Waals surface area contributed by atoms with Gasteiger partial charge in [0.15, 0.2) is 21.3 Å². The van der Waals surface area contributed by atoms with Gasteiger partial charge in [-0.25, -0.2) is 8.42 Å². The normalized spacial score (nSPS) is 14.4. The molecule has 1 aromatic carbocycles. The minimum atomic E-state index is -3.25. The van der Waals surface area contributed by atoms with E-state index in [9.17, 15) is 8.42 Å². The number of fused-ring (bicyclic) bond motifs is 1. The molecule has 0 aliphatic carbocycles. The highest BCUT2D eigenvalue weighted by Gasteiger charge is 2.19. The van der Waals surface area contributed by atoms with E-state index in [0.29, 0.717) is 42.6 Å². The standard InChI is InChI=1S/C13H19NO4S/c14-6-2-1-3-9-19(15,16)11-4-5-12-13(10-11)18-8-7-17-12/h4-5,10H,1-3,6-9,14H2. The van der Waals surface area contributed by atoms with Crippen molar-refractivity contribution in [3.05, 3.63) is 18.2 Å². The molecule has 1 aliphatic rings. The van der Waals surface area contributed by atoms with Crippen molar-refractivity contribution >= 4 is 9.84 Å². The highest BCUT2D eigenvalue weighted by Crippen LogP contribution is 2.32. The van der Waals surface area contributed by atoms with Gasteiger partial charge in [-0.05, 0) is 31.5 Å². The summed E-state index contributed by atoms with van der Waals surface area (Å²) in [7, 11) is -3.25. The molecule has 0 aromatic heterocycles. The summed E-state index contributed by atoms with van der Waals surface area (Å²) in [6, 6.07) is 4.78. The highest BCUT2D eigenvalue weighted by molar-refractivity contribution is 7.91. The maximum absolute atomic E-state index is 12.2. The Bertz CT molecular complexity index is 527. The molecule has 2 N–H and O–H groups in total. The minimum Gasteiger partial charge on any atom is -0.486 e. The molecule has 1 heterocycles. The average Bonchev–Trinajstić information content (AvgIpc) is 2.43. The van der Waals surface area contributed by atoms with E-state index >= 15 is 0 Å². The second kappa shape index (κ2) is 6.25. The highest BCUT2D eigenvalue weighted by atomic mass is 32.2. The van der Waals surface area contributed by atoms with E-state index in [1.807, 2.05) is 0 Å². The third kappa shape index (κ3) is 3.61. The van der Waals surface area contributed by atoms with E-state index in [0.717, 1.165) is 12.8 Å². The van der Waals surface area contributed by atoms with Crippen LogP contribution in [0.15, 0.2) is 23.1 Å². The molecule has 0 amide bonds. The van der Waals surface area contributed by atoms with Crippen LogP contribution >= 0.6 is 0 Å². The third-order valence-electron chi connectivity index (χ3n) is 2.99. The summed E-state index contributed by atoms with van der Waals surface area (Å²) in [6.07, 6.45) is 2.32. The monoisotopic (exact) mass is 285 g/mol. The molecule has 0 saturated heterocycles. The minimum absolute atomic E-state index is 0.145. The summed E-state index contributed by atoms with van der Waals surface area (Å²) in [5, 5.41) is 0. The summed E-state index contributed by atoms with van der Waals surface area (Å²) in [5.41, 5.74) is 5.39. The van der Waals surface area contributed by atoms with Crippen LogP contribution in [0.3, 0.4) is 0 Å². The summed E-state index contributed by atoms with van der Waals surface area (Å²) < 4.78 is 35.1. The Balaban J connectivity index is 2.07. The van der Waals surface area contributed by atoms with Crippen LogP contribution in [-0.2, 0) is 9.84 Å². The van der Waals surface area contributed by atoms with Gasteiger partial charge in [0.25, 0.3) is 0 Å². The SMILES string of the molecule is NCCCCCS(=O)(=O)c1ccc2c(c1)OCCO2. The Labute approximate surface area is 113 Å². The second-order valence-electron chi connectivity index (χ2n) is 4.47. The lowest BCUT2D eigenvalue weighted by Gasteiger charge is -2.18. The quantitative estimate of drug-likeness (QED) is 0.798. The van der Waals surface area contributed by atoms with Gasteiger partial charge in [0, 0.05) is 6.07 Å². The maximum atomic E-state index is 12.2. The Kier molecular flexibility index (Phi) is 4.66. The molecule has 6 heteroatoms. The first-order valence-electron chi connectivity index (χ1n) is 6.46. The molecule has 0 saturated carbocycles. The van der Waals surface area contributed by atoms with E-state index in [1.54, 1.807) is 18.2 Å². The van der Waals surface area contributed by atoms with Crippen molar-refractivity contribution in [2.45, 2.75) is 24.2 Å². The molecule has 1 aromatic rings. The van der Waals surface area contributed by atoms with Crippen molar-refractivity contribution < 1.29 is 17.9 Å². The summed E-state index contributed by atoms with van der Waals surface area (Å²) >= 11 is 0. The van der Waals surface area contributed by atoms with Gasteiger partial charge in [-0.2, -0.15) is 0 Å². The molecule has 5 nitrogen and oxygen atoms in total. The fraction of sp³-hybridized carbons (Fsp3) is 0.538. The topological polar surface area (TPSA) is 78.6 Å². The predicted octanol–water partition coefficient (Wildman–Crippen LogP) is 1.36. The van der Waals surface area contributed by atoms with Crippen molar-refractivity contribution in [1.82, 2.24) is 0 Å². The third-order valence-corrected chi connectivity index (χ3v) is 4.79. The van der Waals surface area contributed by atoms with Gasteiger partial charge in [0.1, 0.15) is 13.2 Å². The fourth-order valence-corrected chi connectivity index (χ4v) is 3.33. The number of ether oxygens (including phenoxy) is 2. The molecule has 0 unspecified atom stereocenters. The van der Waals surface area contributed by atoms with Crippen molar-refractivity contribution in [3.8, 4) is 11.5 Å². The molecule has 106 valence electrons. The molecule has 0 spiro atoms. The van der Waals surface area contributed by atoms with Crippen LogP contribution in [0.1, 0.15) is 19.3 Å². The van der Waals surface area contributed by atoms with Gasteiger partial charge in [-0.3, -0.25) is 0 Å². The van der Waals surface area contributed by atoms with Gasteiger partial charge in [-0.1, -0.05) is 6.42 Å². The Morgan fingerprint density at radius 2 is 1.79 bits per heavy atom. The van der Waals surface area contributed by atoms with Crippen LogP contribution in [0.5, 0.6) is 11.5 Å². The van der Waals surface area contributed by atoms with Crippen molar-refractivity contribution in [2.75, 3.05) is 25.5 Å². The average molecular weight is 285 g/mol. The smallest absolute Gasteiger partial charge is 0.178 e. The van der Waals surface area contributed by atoms with E-state index < -0.39 is 9.84 Å². The van der Waals surface area contributed by atoms with Crippen LogP contribution in [0.2, 0.25) is 0 Å². The van der Waals surface area contributed by atoms with E-state index in [-0.39, 0.29) is 5.75 Å². The zero-order valence-corrected chi connectivity index (χ0v) is 11.6. The van der Waals surface area contributed by atoms with Crippen LogP contribution < -0.4 is 15.2 Å². The van der Waals surface area contributed by atoms with Crippen LogP contribution in [0, 0.1) is 0 Å². The summed E-state index contributed by atoms with van der Waals surface area (Å²) in [6.45, 7) is 1.55. The summed E-state index contributed by atoms with van der Waals surface area (Å²) in [5.74, 6) is 1.26. The number of rotatable bonds is 6. The van der Waals surface area contributed by atoms with Crippen LogP contribution in [0.25, 0.3) is 0 Å². The molecule has 0 fully saturated rings. The Hall–Kier alpha value is -1.27. The first-order valence-corrected chi connectivity index (χ1v) is 8.11. The number of hydrogen-bond donors (Lipinski definition) is 1. The van der Waals surface area contributed by atoms with Crippen molar-refractivity contribution in [3.63, 3.8) is 0 Å². The fourth-order valence-electron chi connectivity index (χ4n) is 1.95. The Morgan fingerprint density at radius 3 is 2.53 bits per heavy atom. The lowest BCUT2D eigenvalue weighted by atomic mass is 10.2. The lowest BCUT2D eigenvalue weighted by molar-refractivity contribution is 0.171. The first kappa shape index (κ1) is 14.1. The molecule has 0 atom stereocenters. The van der Waals surface area contributed by atoms with Crippen molar-refractivity contribution in [2.24, 2.45) is 5.73 Å². The maximum Gasteiger partial charge on any atom is 0.178 e. The zero-order valence-electron chi connectivity index (χ0n) is 10.8. The van der Waals surface area contributed by atoms with Crippen LogP contribution in [0.4, 0.5) is 0 Å². The summed E-state index contributed by atoms with van der Waals surface area (Å²) in [4.78, 5) is 0.296. The molecular formula is C13H19NO4S. The van der Waals surface area contributed by atoms with Gasteiger partial charge in [0.05, 0.1) is 10.6 Å². The van der Waals surface area contributed by atoms with E-state index in [1.165, 1.54) is 0 Å². The molecule has 0 bridgehead atoms. The Morgan fingerprint density at radius 1 is 1.05 bits per heavy atom. The second-order valence-corrected chi connectivity index (χ2v) is 6.58.